The van der Waals surface area contributed by atoms with Gasteiger partial charge in [-0.2, -0.15) is 0 Å². The molecule has 1 saturated heterocycles. The number of hydrogen-bond acceptors (Lipinski definition) is 6. The molecule has 0 radical (unpaired) electrons. The minimum absolute atomic E-state index is 0.0181. The van der Waals surface area contributed by atoms with Crippen LogP contribution in [0.1, 0.15) is 31.9 Å². The summed E-state index contributed by atoms with van der Waals surface area (Å²) >= 11 is 0. The Kier molecular flexibility index (Phi) is 9.80. The van der Waals surface area contributed by atoms with Gasteiger partial charge < -0.3 is 23.7 Å². The number of Topliss-reactive ketones (excluding diaryl/α,β-unsaturated/α-hetero) is 1. The van der Waals surface area contributed by atoms with Crippen LogP contribution in [0.2, 0.25) is 0 Å². The number of alkyl halides is 2. The Balaban J connectivity index is 1.70. The number of rotatable bonds is 14. The van der Waals surface area contributed by atoms with Gasteiger partial charge in [0.15, 0.2) is 11.9 Å². The fourth-order valence-electron chi connectivity index (χ4n) is 4.37. The second-order valence-electron chi connectivity index (χ2n) is 9.73. The molecule has 208 valence electrons. The summed E-state index contributed by atoms with van der Waals surface area (Å²) in [7, 11) is 0. The largest absolute Gasteiger partial charge is 0.368 e. The van der Waals surface area contributed by atoms with E-state index in [0.29, 0.717) is 5.56 Å². The van der Waals surface area contributed by atoms with Crippen molar-refractivity contribution >= 4 is 5.78 Å². The predicted molar refractivity (Wildman–Crippen MR) is 141 cm³/mol. The summed E-state index contributed by atoms with van der Waals surface area (Å²) < 4.78 is 66.1. The van der Waals surface area contributed by atoms with Gasteiger partial charge in [-0.25, -0.2) is 8.78 Å². The van der Waals surface area contributed by atoms with E-state index in [1.54, 1.807) is 38.1 Å². The van der Waals surface area contributed by atoms with E-state index in [9.17, 15) is 13.6 Å². The third-order valence-electron chi connectivity index (χ3n) is 6.31. The van der Waals surface area contributed by atoms with E-state index in [2.05, 4.69) is 0 Å². The van der Waals surface area contributed by atoms with Gasteiger partial charge >= 0.3 is 0 Å². The zero-order chi connectivity index (χ0) is 28.6. The molecule has 39 heavy (non-hydrogen) atoms. The quantitative estimate of drug-likeness (QED) is 0.260. The smallest absolute Gasteiger partial charge is 0.298 e. The Bertz CT molecular complexity index is 1190. The molecule has 1 aliphatic heterocycles. The minimum atomic E-state index is -4.42. The van der Waals surface area contributed by atoms with Gasteiger partial charge in [0.1, 0.15) is 19.7 Å². The average molecular weight is 542 g/mol. The number of carbonyl (C=O) groups is 1. The zero-order valence-corrected chi connectivity index (χ0v) is 22.0. The molecule has 3 aromatic carbocycles. The van der Waals surface area contributed by atoms with Crippen LogP contribution < -0.4 is 0 Å². The van der Waals surface area contributed by atoms with Crippen LogP contribution in [0.3, 0.4) is 0 Å². The molecule has 0 aliphatic carbocycles. The molecule has 1 heterocycles. The Labute approximate surface area is 229 Å². The number of benzene rings is 3. The van der Waals surface area contributed by atoms with Crippen LogP contribution in [-0.4, -0.2) is 49.0 Å². The van der Waals surface area contributed by atoms with Crippen molar-refractivity contribution in [1.29, 1.82) is 0 Å². The summed E-state index contributed by atoms with van der Waals surface area (Å²) in [6.45, 7) is 3.46. The first-order chi connectivity index (χ1) is 19.1. The van der Waals surface area contributed by atoms with Crippen molar-refractivity contribution in [3.05, 3.63) is 108 Å². The molecule has 1 fully saturated rings. The predicted octanol–water partition coefficient (Wildman–Crippen LogP) is 5.73. The van der Waals surface area contributed by atoms with Crippen LogP contribution in [0.25, 0.3) is 0 Å². The standard InChI is InChI=1S/C31H34F2O6/c1-31(2)38-21-25(39-31)27(35-18-22-12-6-3-7-13-22)29(37-20-24-16-10-5-11-17-24)28(26(34)30(32)33)36-19-23-14-8-4-9-15-23/h3-17,25,27-30H,18-21H2,1-2H3/t25-,27-,28+,29+/m1/s1/i30D. The van der Waals surface area contributed by atoms with Crippen LogP contribution >= 0.6 is 0 Å². The van der Waals surface area contributed by atoms with Crippen molar-refractivity contribution in [3.8, 4) is 0 Å². The second kappa shape index (κ2) is 13.9. The molecule has 8 heteroatoms. The second-order valence-corrected chi connectivity index (χ2v) is 9.73. The van der Waals surface area contributed by atoms with E-state index >= 15 is 0 Å². The first-order valence-electron chi connectivity index (χ1n) is 13.3. The molecular formula is C31H34F2O6. The third kappa shape index (κ3) is 8.49. The lowest BCUT2D eigenvalue weighted by molar-refractivity contribution is -0.204. The maximum atomic E-state index is 14.3. The monoisotopic (exact) mass is 541 g/mol. The molecule has 0 N–H and O–H groups in total. The third-order valence-corrected chi connectivity index (χ3v) is 6.31. The van der Waals surface area contributed by atoms with E-state index in [0.717, 1.165) is 11.1 Å². The summed E-state index contributed by atoms with van der Waals surface area (Å²) in [4.78, 5) is 13.1. The number of carbonyl (C=O) groups excluding carboxylic acids is 1. The van der Waals surface area contributed by atoms with Gasteiger partial charge in [0.05, 0.1) is 26.4 Å². The Hall–Kier alpha value is -3.01. The Morgan fingerprint density at radius 1 is 0.846 bits per heavy atom. The summed E-state index contributed by atoms with van der Waals surface area (Å²) in [5.41, 5.74) is 2.25. The molecule has 0 aromatic heterocycles. The highest BCUT2D eigenvalue weighted by atomic mass is 19.3. The lowest BCUT2D eigenvalue weighted by Gasteiger charge is -2.35. The van der Waals surface area contributed by atoms with Gasteiger partial charge in [-0.05, 0) is 30.5 Å². The van der Waals surface area contributed by atoms with Gasteiger partial charge in [-0.3, -0.25) is 4.79 Å². The molecule has 6 nitrogen and oxygen atoms in total. The maximum Gasteiger partial charge on any atom is 0.298 e. The molecule has 4 rings (SSSR count). The lowest BCUT2D eigenvalue weighted by atomic mass is 9.99. The average Bonchev–Trinajstić information content (AvgIpc) is 3.31. The highest BCUT2D eigenvalue weighted by Crippen LogP contribution is 2.31. The van der Waals surface area contributed by atoms with Gasteiger partial charge in [0, 0.05) is 0 Å². The topological polar surface area (TPSA) is 63.2 Å². The summed E-state index contributed by atoms with van der Waals surface area (Å²) in [6.07, 6.45) is -9.46. The number of halogens is 2. The fraction of sp³-hybridized carbons (Fsp3) is 0.387. The van der Waals surface area contributed by atoms with Crippen LogP contribution in [0.15, 0.2) is 91.0 Å². The first-order valence-corrected chi connectivity index (χ1v) is 12.8. The van der Waals surface area contributed by atoms with Crippen LogP contribution in [-0.2, 0) is 48.3 Å². The van der Waals surface area contributed by atoms with Gasteiger partial charge in [0.25, 0.3) is 6.40 Å². The normalized spacial score (nSPS) is 19.7. The Morgan fingerprint density at radius 3 is 1.74 bits per heavy atom. The van der Waals surface area contributed by atoms with E-state index in [1.165, 1.54) is 0 Å². The van der Waals surface area contributed by atoms with Gasteiger partial charge in [-0.1, -0.05) is 91.0 Å². The van der Waals surface area contributed by atoms with Crippen molar-refractivity contribution in [2.24, 2.45) is 0 Å². The summed E-state index contributed by atoms with van der Waals surface area (Å²) in [5.74, 6) is -2.69. The first kappa shape index (κ1) is 27.6. The van der Waals surface area contributed by atoms with Crippen LogP contribution in [0, 0.1) is 0 Å². The van der Waals surface area contributed by atoms with Crippen molar-refractivity contribution in [3.63, 3.8) is 0 Å². The molecule has 0 bridgehead atoms. The molecule has 0 amide bonds. The number of ketones is 1. The number of ether oxygens (including phenoxy) is 5. The van der Waals surface area contributed by atoms with Crippen molar-refractivity contribution in [2.45, 2.75) is 70.3 Å². The molecule has 0 saturated carbocycles. The van der Waals surface area contributed by atoms with Crippen LogP contribution in [0.4, 0.5) is 8.78 Å². The highest BCUT2D eigenvalue weighted by Gasteiger charge is 2.47. The Morgan fingerprint density at radius 2 is 1.31 bits per heavy atom. The van der Waals surface area contributed by atoms with Crippen molar-refractivity contribution < 1.29 is 38.6 Å². The van der Waals surface area contributed by atoms with E-state index in [-0.39, 0.29) is 26.4 Å². The zero-order valence-electron chi connectivity index (χ0n) is 23.0. The van der Waals surface area contributed by atoms with Crippen LogP contribution in [0.5, 0.6) is 0 Å². The molecule has 3 aromatic rings. The van der Waals surface area contributed by atoms with Crippen molar-refractivity contribution in [1.82, 2.24) is 0 Å². The molecule has 1 aliphatic rings. The van der Waals surface area contributed by atoms with Gasteiger partial charge in [-0.15, -0.1) is 0 Å². The molecule has 0 spiro atoms. The van der Waals surface area contributed by atoms with E-state index in [1.807, 2.05) is 66.7 Å². The van der Waals surface area contributed by atoms with Gasteiger partial charge in [0.2, 0.25) is 5.78 Å². The minimum Gasteiger partial charge on any atom is -0.368 e. The van der Waals surface area contributed by atoms with Crippen molar-refractivity contribution in [2.75, 3.05) is 6.61 Å². The van der Waals surface area contributed by atoms with E-state index < -0.39 is 42.4 Å². The van der Waals surface area contributed by atoms with E-state index in [4.69, 9.17) is 25.1 Å². The fourth-order valence-corrected chi connectivity index (χ4v) is 4.37. The summed E-state index contributed by atoms with van der Waals surface area (Å²) in [6, 6.07) is 27.3. The molecule has 4 atom stereocenters. The molecular weight excluding hydrogens is 506 g/mol. The molecule has 0 unspecified atom stereocenters. The maximum absolute atomic E-state index is 14.3. The lowest BCUT2D eigenvalue weighted by Crippen LogP contribution is -2.53. The summed E-state index contributed by atoms with van der Waals surface area (Å²) in [5, 5.41) is 0. The highest BCUT2D eigenvalue weighted by molar-refractivity contribution is 5.86. The SMILES string of the molecule is [2H]C(F)(F)C(=O)[C@H](OCc1ccccc1)[C@@H](OCc1ccccc1)[C@H](OCc1ccccc1)[C@H]1COC(C)(C)O1. The number of hydrogen-bond donors (Lipinski definition) is 0.